The van der Waals surface area contributed by atoms with E-state index in [1.807, 2.05) is 6.92 Å². The lowest BCUT2D eigenvalue weighted by molar-refractivity contribution is 0.102. The second-order valence-electron chi connectivity index (χ2n) is 8.36. The van der Waals surface area contributed by atoms with Crippen molar-refractivity contribution in [2.45, 2.75) is 12.1 Å². The number of fused-ring (bicyclic) bond motifs is 1. The Kier molecular flexibility index (Phi) is 6.73. The first-order valence-corrected chi connectivity index (χ1v) is 12.6. The largest absolute Gasteiger partial charge is 0.322 e. The molecule has 6 nitrogen and oxygen atoms in total. The zero-order valence-electron chi connectivity index (χ0n) is 20.1. The van der Waals surface area contributed by atoms with Crippen LogP contribution in [0.4, 0.5) is 18.9 Å². The molecule has 10 heteroatoms. The van der Waals surface area contributed by atoms with Gasteiger partial charge >= 0.3 is 0 Å². The summed E-state index contributed by atoms with van der Waals surface area (Å²) >= 11 is 1.19. The quantitative estimate of drug-likeness (QED) is 0.217. The number of anilines is 1. The Morgan fingerprint density at radius 1 is 0.921 bits per heavy atom. The van der Waals surface area contributed by atoms with Crippen molar-refractivity contribution in [1.29, 1.82) is 0 Å². The topological polar surface area (TPSA) is 76.9 Å². The van der Waals surface area contributed by atoms with Crippen molar-refractivity contribution in [2.24, 2.45) is 0 Å². The third-order valence-corrected chi connectivity index (χ3v) is 6.48. The Hall–Kier alpha value is -4.44. The van der Waals surface area contributed by atoms with Crippen molar-refractivity contribution < 1.29 is 18.0 Å². The number of para-hydroxylation sites is 1. The molecule has 38 heavy (non-hydrogen) atoms. The molecule has 5 aromatic rings. The number of nitrogens with zero attached hydrogens (tertiary/aromatic N) is 3. The predicted octanol–water partition coefficient (Wildman–Crippen LogP) is 6.15. The molecule has 190 valence electrons. The van der Waals surface area contributed by atoms with Gasteiger partial charge in [0.25, 0.3) is 11.5 Å². The van der Waals surface area contributed by atoms with Crippen LogP contribution in [-0.2, 0) is 0 Å². The van der Waals surface area contributed by atoms with Crippen molar-refractivity contribution in [3.63, 3.8) is 0 Å². The number of carbonyl (C=O) groups is 1. The van der Waals surface area contributed by atoms with Crippen LogP contribution in [-0.4, -0.2) is 26.7 Å². The molecular weight excluding hydrogens is 513 g/mol. The lowest BCUT2D eigenvalue weighted by Crippen LogP contribution is -2.21. The molecule has 0 fully saturated rings. The number of carbonyl (C=O) groups excluding carboxylic acids is 1. The smallest absolute Gasteiger partial charge is 0.256 e. The number of thioether (sulfide) groups is 1. The minimum absolute atomic E-state index is 0.0245. The van der Waals surface area contributed by atoms with Crippen LogP contribution in [0.5, 0.6) is 0 Å². The van der Waals surface area contributed by atoms with Gasteiger partial charge in [-0.3, -0.25) is 14.2 Å². The summed E-state index contributed by atoms with van der Waals surface area (Å²) in [7, 11) is 0. The van der Waals surface area contributed by atoms with Crippen LogP contribution in [0.1, 0.15) is 15.9 Å². The van der Waals surface area contributed by atoms with E-state index in [9.17, 15) is 22.8 Å². The number of benzene rings is 3. The van der Waals surface area contributed by atoms with E-state index in [0.29, 0.717) is 27.9 Å². The first-order valence-electron chi connectivity index (χ1n) is 11.4. The second-order valence-corrected chi connectivity index (χ2v) is 9.14. The summed E-state index contributed by atoms with van der Waals surface area (Å²) in [4.78, 5) is 34.9. The van der Waals surface area contributed by atoms with Gasteiger partial charge in [-0.1, -0.05) is 23.9 Å². The Morgan fingerprint density at radius 2 is 1.63 bits per heavy atom. The lowest BCUT2D eigenvalue weighted by Gasteiger charge is -2.15. The van der Waals surface area contributed by atoms with Gasteiger partial charge in [-0.05, 0) is 73.3 Å². The van der Waals surface area contributed by atoms with E-state index in [-0.39, 0.29) is 10.8 Å². The van der Waals surface area contributed by atoms with E-state index in [0.717, 1.165) is 22.3 Å². The van der Waals surface area contributed by atoms with E-state index < -0.39 is 34.6 Å². The second kappa shape index (κ2) is 10.1. The fraction of sp³-hybridized carbons (Fsp3) is 0.0714. The van der Waals surface area contributed by atoms with E-state index >= 15 is 0 Å². The maximum absolute atomic E-state index is 14.7. The normalized spacial score (nSPS) is 11.1. The Morgan fingerprint density at radius 3 is 2.32 bits per heavy atom. The Balaban J connectivity index is 1.70. The maximum Gasteiger partial charge on any atom is 0.256 e. The van der Waals surface area contributed by atoms with Gasteiger partial charge in [-0.15, -0.1) is 0 Å². The number of aromatic nitrogens is 3. The van der Waals surface area contributed by atoms with E-state index in [4.69, 9.17) is 0 Å². The van der Waals surface area contributed by atoms with Gasteiger partial charge in [0.1, 0.15) is 23.1 Å². The highest BCUT2D eigenvalue weighted by Crippen LogP contribution is 2.32. The molecular formula is C28H19F3N4O2S. The van der Waals surface area contributed by atoms with Crippen LogP contribution in [0.25, 0.3) is 28.0 Å². The molecule has 1 N–H and O–H groups in total. The van der Waals surface area contributed by atoms with Gasteiger partial charge in [0, 0.05) is 28.3 Å². The fourth-order valence-electron chi connectivity index (χ4n) is 4.07. The highest BCUT2D eigenvalue weighted by molar-refractivity contribution is 7.98. The number of amides is 1. The van der Waals surface area contributed by atoms with Gasteiger partial charge in [-0.2, -0.15) is 0 Å². The van der Waals surface area contributed by atoms with Crippen LogP contribution in [0.3, 0.4) is 0 Å². The van der Waals surface area contributed by atoms with Gasteiger partial charge in [0.15, 0.2) is 10.8 Å². The minimum atomic E-state index is -0.916. The fourth-order valence-corrected chi connectivity index (χ4v) is 4.43. The molecule has 0 saturated carbocycles. The minimum Gasteiger partial charge on any atom is -0.322 e. The zero-order chi connectivity index (χ0) is 27.0. The van der Waals surface area contributed by atoms with Crippen molar-refractivity contribution in [2.75, 3.05) is 11.6 Å². The van der Waals surface area contributed by atoms with Crippen molar-refractivity contribution >= 4 is 34.4 Å². The lowest BCUT2D eigenvalue weighted by atomic mass is 9.99. The highest BCUT2D eigenvalue weighted by atomic mass is 32.2. The molecule has 5 rings (SSSR count). The zero-order valence-corrected chi connectivity index (χ0v) is 20.9. The predicted molar refractivity (Wildman–Crippen MR) is 141 cm³/mol. The average molecular weight is 533 g/mol. The SMILES string of the molecule is CSc1nc(-c2cc(C(=O)Nc3ccc(F)cc3)ccc2C)c2ccc(=O)n(-c3c(F)cccc3F)c2n1. The van der Waals surface area contributed by atoms with Gasteiger partial charge in [0.2, 0.25) is 0 Å². The average Bonchev–Trinajstić information content (AvgIpc) is 2.90. The monoisotopic (exact) mass is 532 g/mol. The van der Waals surface area contributed by atoms with Crippen LogP contribution < -0.4 is 10.9 Å². The summed E-state index contributed by atoms with van der Waals surface area (Å²) in [6, 6.07) is 16.4. The number of halogens is 3. The van der Waals surface area contributed by atoms with Crippen LogP contribution in [0.15, 0.2) is 82.7 Å². The molecule has 0 radical (unpaired) electrons. The highest BCUT2D eigenvalue weighted by Gasteiger charge is 2.21. The number of pyridine rings is 1. The number of rotatable bonds is 5. The van der Waals surface area contributed by atoms with Crippen LogP contribution in [0, 0.1) is 24.4 Å². The molecule has 0 aliphatic rings. The Bertz CT molecular complexity index is 1750. The first-order chi connectivity index (χ1) is 18.3. The van der Waals surface area contributed by atoms with Gasteiger partial charge < -0.3 is 5.32 Å². The number of nitrogens with one attached hydrogen (secondary N) is 1. The summed E-state index contributed by atoms with van der Waals surface area (Å²) in [5.41, 5.74) is 1.28. The molecule has 2 heterocycles. The van der Waals surface area contributed by atoms with Crippen molar-refractivity contribution in [3.8, 4) is 16.9 Å². The molecule has 2 aromatic heterocycles. The standard InChI is InChI=1S/C28H19F3N4O2S/c1-15-6-7-16(27(37)32-18-10-8-17(29)9-11-18)14-20(15)24-19-12-13-23(36)35(26(19)34-28(33-24)38-2)25-21(30)4-3-5-22(25)31/h3-14H,1-2H3,(H,32,37). The Labute approximate surface area is 219 Å². The molecule has 0 aliphatic carbocycles. The summed E-state index contributed by atoms with van der Waals surface area (Å²) in [6.07, 6.45) is 1.74. The third kappa shape index (κ3) is 4.66. The number of hydrogen-bond donors (Lipinski definition) is 1. The summed E-state index contributed by atoms with van der Waals surface area (Å²) in [5.74, 6) is -2.68. The molecule has 0 unspecified atom stereocenters. The maximum atomic E-state index is 14.7. The number of hydrogen-bond acceptors (Lipinski definition) is 5. The van der Waals surface area contributed by atoms with Crippen molar-refractivity contribution in [3.05, 3.63) is 112 Å². The summed E-state index contributed by atoms with van der Waals surface area (Å²) in [5, 5.41) is 3.36. The van der Waals surface area contributed by atoms with Crippen LogP contribution in [0.2, 0.25) is 0 Å². The van der Waals surface area contributed by atoms with E-state index in [1.165, 1.54) is 54.2 Å². The van der Waals surface area contributed by atoms with E-state index in [1.54, 1.807) is 24.5 Å². The summed E-state index contributed by atoms with van der Waals surface area (Å²) < 4.78 is 43.6. The molecule has 0 saturated heterocycles. The first kappa shape index (κ1) is 25.2. The summed E-state index contributed by atoms with van der Waals surface area (Å²) in [6.45, 7) is 1.83. The molecule has 3 aromatic carbocycles. The van der Waals surface area contributed by atoms with Gasteiger partial charge in [-0.25, -0.2) is 23.1 Å². The van der Waals surface area contributed by atoms with Crippen molar-refractivity contribution in [1.82, 2.24) is 14.5 Å². The molecule has 0 spiro atoms. The molecule has 0 atom stereocenters. The molecule has 1 amide bonds. The van der Waals surface area contributed by atoms with Crippen LogP contribution >= 0.6 is 11.8 Å². The third-order valence-electron chi connectivity index (χ3n) is 5.93. The number of aryl methyl sites for hydroxylation is 1. The van der Waals surface area contributed by atoms with E-state index in [2.05, 4.69) is 15.3 Å². The van der Waals surface area contributed by atoms with Gasteiger partial charge in [0.05, 0.1) is 5.69 Å². The molecule has 0 bridgehead atoms. The molecule has 0 aliphatic heterocycles.